The SMILES string of the molecule is Clc1ccc(-n2cc3c(c2)CNC3)cc1. The van der Waals surface area contributed by atoms with Crippen LogP contribution in [0.25, 0.3) is 5.69 Å². The van der Waals surface area contributed by atoms with Crippen LogP contribution in [-0.2, 0) is 13.1 Å². The van der Waals surface area contributed by atoms with E-state index in [0.29, 0.717) is 0 Å². The number of hydrogen-bond donors (Lipinski definition) is 1. The zero-order valence-electron chi connectivity index (χ0n) is 8.20. The van der Waals surface area contributed by atoms with Crippen LogP contribution in [0.3, 0.4) is 0 Å². The molecule has 2 aromatic rings. The molecule has 0 amide bonds. The Balaban J connectivity index is 2.02. The van der Waals surface area contributed by atoms with E-state index >= 15 is 0 Å². The lowest BCUT2D eigenvalue weighted by Gasteiger charge is -2.03. The topological polar surface area (TPSA) is 17.0 Å². The molecule has 1 aromatic heterocycles. The molecule has 1 aromatic carbocycles. The second-order valence-corrected chi connectivity index (χ2v) is 4.23. The second kappa shape index (κ2) is 3.40. The molecule has 3 heteroatoms. The van der Waals surface area contributed by atoms with E-state index in [4.69, 9.17) is 11.6 Å². The van der Waals surface area contributed by atoms with Crippen LogP contribution < -0.4 is 5.32 Å². The van der Waals surface area contributed by atoms with Gasteiger partial charge in [-0.2, -0.15) is 0 Å². The predicted octanol–water partition coefficient (Wildman–Crippen LogP) is 2.73. The molecule has 0 saturated carbocycles. The maximum Gasteiger partial charge on any atom is 0.0450 e. The van der Waals surface area contributed by atoms with E-state index < -0.39 is 0 Å². The third-order valence-electron chi connectivity index (χ3n) is 2.76. The van der Waals surface area contributed by atoms with Crippen LogP contribution in [0.4, 0.5) is 0 Å². The Morgan fingerprint density at radius 1 is 1.00 bits per heavy atom. The summed E-state index contributed by atoms with van der Waals surface area (Å²) in [6.07, 6.45) is 4.36. The summed E-state index contributed by atoms with van der Waals surface area (Å²) < 4.78 is 2.15. The van der Waals surface area contributed by atoms with Gasteiger partial charge in [0.15, 0.2) is 0 Å². The lowest BCUT2D eigenvalue weighted by molar-refractivity contribution is 0.754. The van der Waals surface area contributed by atoms with Crippen LogP contribution >= 0.6 is 11.6 Å². The molecule has 0 fully saturated rings. The number of fused-ring (bicyclic) bond motifs is 1. The van der Waals surface area contributed by atoms with Crippen molar-refractivity contribution in [2.24, 2.45) is 0 Å². The van der Waals surface area contributed by atoms with Crippen molar-refractivity contribution in [2.75, 3.05) is 0 Å². The van der Waals surface area contributed by atoms with Gasteiger partial charge in [0.1, 0.15) is 0 Å². The first-order valence-electron chi connectivity index (χ1n) is 4.99. The third-order valence-corrected chi connectivity index (χ3v) is 3.01. The van der Waals surface area contributed by atoms with E-state index in [2.05, 4.69) is 22.3 Å². The second-order valence-electron chi connectivity index (χ2n) is 3.80. The minimum absolute atomic E-state index is 0.778. The van der Waals surface area contributed by atoms with Gasteiger partial charge in [-0.3, -0.25) is 0 Å². The Labute approximate surface area is 93.5 Å². The molecule has 15 heavy (non-hydrogen) atoms. The van der Waals surface area contributed by atoms with Crippen molar-refractivity contribution >= 4 is 11.6 Å². The summed E-state index contributed by atoms with van der Waals surface area (Å²) in [5, 5.41) is 4.10. The first kappa shape index (κ1) is 9.01. The van der Waals surface area contributed by atoms with E-state index in [1.165, 1.54) is 11.1 Å². The summed E-state index contributed by atoms with van der Waals surface area (Å²) in [5.41, 5.74) is 3.95. The summed E-state index contributed by atoms with van der Waals surface area (Å²) in [6, 6.07) is 7.90. The highest BCUT2D eigenvalue weighted by Crippen LogP contribution is 2.20. The molecule has 0 radical (unpaired) electrons. The molecular formula is C12H11ClN2. The highest BCUT2D eigenvalue weighted by Gasteiger charge is 2.12. The highest BCUT2D eigenvalue weighted by atomic mass is 35.5. The molecule has 2 heterocycles. The van der Waals surface area contributed by atoms with Crippen molar-refractivity contribution in [2.45, 2.75) is 13.1 Å². The van der Waals surface area contributed by atoms with E-state index in [1.807, 2.05) is 24.3 Å². The van der Waals surface area contributed by atoms with Gasteiger partial charge in [0.25, 0.3) is 0 Å². The fourth-order valence-corrected chi connectivity index (χ4v) is 2.08. The van der Waals surface area contributed by atoms with E-state index in [1.54, 1.807) is 0 Å². The minimum atomic E-state index is 0.778. The van der Waals surface area contributed by atoms with Crippen molar-refractivity contribution in [3.63, 3.8) is 0 Å². The van der Waals surface area contributed by atoms with Crippen LogP contribution in [0.1, 0.15) is 11.1 Å². The summed E-state index contributed by atoms with van der Waals surface area (Å²) >= 11 is 5.85. The van der Waals surface area contributed by atoms with E-state index in [9.17, 15) is 0 Å². The first-order valence-corrected chi connectivity index (χ1v) is 5.37. The summed E-state index contributed by atoms with van der Waals surface area (Å²) in [4.78, 5) is 0. The molecule has 1 aliphatic rings. The van der Waals surface area contributed by atoms with Crippen LogP contribution in [0, 0.1) is 0 Å². The Morgan fingerprint density at radius 3 is 2.20 bits per heavy atom. The smallest absolute Gasteiger partial charge is 0.0450 e. The molecule has 1 N–H and O–H groups in total. The molecule has 0 spiro atoms. The highest BCUT2D eigenvalue weighted by molar-refractivity contribution is 6.30. The molecular weight excluding hydrogens is 208 g/mol. The predicted molar refractivity (Wildman–Crippen MR) is 61.3 cm³/mol. The van der Waals surface area contributed by atoms with Crippen molar-refractivity contribution in [3.05, 3.63) is 52.8 Å². The summed E-state index contributed by atoms with van der Waals surface area (Å²) in [5.74, 6) is 0. The van der Waals surface area contributed by atoms with Crippen LogP contribution in [0.2, 0.25) is 5.02 Å². The van der Waals surface area contributed by atoms with Crippen LogP contribution in [-0.4, -0.2) is 4.57 Å². The van der Waals surface area contributed by atoms with Gasteiger partial charge in [-0.1, -0.05) is 11.6 Å². The molecule has 1 aliphatic heterocycles. The van der Waals surface area contributed by atoms with Crippen molar-refractivity contribution < 1.29 is 0 Å². The van der Waals surface area contributed by atoms with Gasteiger partial charge in [-0.15, -0.1) is 0 Å². The average molecular weight is 219 g/mol. The normalized spacial score (nSPS) is 14.2. The lowest BCUT2D eigenvalue weighted by atomic mass is 10.2. The zero-order chi connectivity index (χ0) is 10.3. The number of halogens is 1. The van der Waals surface area contributed by atoms with Crippen LogP contribution in [0.15, 0.2) is 36.7 Å². The number of nitrogens with zero attached hydrogens (tertiary/aromatic N) is 1. The maximum absolute atomic E-state index is 5.85. The fourth-order valence-electron chi connectivity index (χ4n) is 1.95. The molecule has 0 atom stereocenters. The Kier molecular flexibility index (Phi) is 2.04. The molecule has 3 rings (SSSR count). The zero-order valence-corrected chi connectivity index (χ0v) is 8.96. The van der Waals surface area contributed by atoms with Gasteiger partial charge < -0.3 is 9.88 Å². The first-order chi connectivity index (χ1) is 7.33. The molecule has 76 valence electrons. The monoisotopic (exact) mass is 218 g/mol. The third kappa shape index (κ3) is 1.56. The number of hydrogen-bond acceptors (Lipinski definition) is 1. The van der Waals surface area contributed by atoms with Crippen LogP contribution in [0.5, 0.6) is 0 Å². The quantitative estimate of drug-likeness (QED) is 0.779. The maximum atomic E-state index is 5.85. The number of rotatable bonds is 1. The van der Waals surface area contributed by atoms with Gasteiger partial charge >= 0.3 is 0 Å². The number of aromatic nitrogens is 1. The van der Waals surface area contributed by atoms with E-state index in [0.717, 1.165) is 23.8 Å². The van der Waals surface area contributed by atoms with Crippen molar-refractivity contribution in [1.82, 2.24) is 9.88 Å². The molecule has 0 saturated heterocycles. The van der Waals surface area contributed by atoms with Crippen molar-refractivity contribution in [3.8, 4) is 5.69 Å². The summed E-state index contributed by atoms with van der Waals surface area (Å²) in [6.45, 7) is 1.96. The fraction of sp³-hybridized carbons (Fsp3) is 0.167. The lowest BCUT2D eigenvalue weighted by Crippen LogP contribution is -2.02. The Bertz CT molecular complexity index is 463. The molecule has 2 nitrogen and oxygen atoms in total. The van der Waals surface area contributed by atoms with Crippen molar-refractivity contribution in [1.29, 1.82) is 0 Å². The van der Waals surface area contributed by atoms with Gasteiger partial charge in [-0.05, 0) is 35.4 Å². The number of benzene rings is 1. The molecule has 0 unspecified atom stereocenters. The molecule has 0 bridgehead atoms. The van der Waals surface area contributed by atoms with Gasteiger partial charge in [-0.25, -0.2) is 0 Å². The van der Waals surface area contributed by atoms with Gasteiger partial charge in [0.2, 0.25) is 0 Å². The standard InChI is InChI=1S/C12H11ClN2/c13-11-1-3-12(4-2-11)15-7-9-5-14-6-10(9)8-15/h1-4,7-8,14H,5-6H2. The van der Waals surface area contributed by atoms with Gasteiger partial charge in [0.05, 0.1) is 0 Å². The largest absolute Gasteiger partial charge is 0.323 e. The number of nitrogens with one attached hydrogen (secondary N) is 1. The van der Waals surface area contributed by atoms with Gasteiger partial charge in [0, 0.05) is 36.2 Å². The Hall–Kier alpha value is -1.25. The van der Waals surface area contributed by atoms with E-state index in [-0.39, 0.29) is 0 Å². The summed E-state index contributed by atoms with van der Waals surface area (Å²) in [7, 11) is 0. The Morgan fingerprint density at radius 2 is 1.60 bits per heavy atom. The average Bonchev–Trinajstić information content (AvgIpc) is 2.78. The minimum Gasteiger partial charge on any atom is -0.323 e. The molecule has 0 aliphatic carbocycles.